The summed E-state index contributed by atoms with van der Waals surface area (Å²) in [5.74, 6) is 0. The quantitative estimate of drug-likeness (QED) is 0.343. The van der Waals surface area contributed by atoms with E-state index in [9.17, 15) is 0 Å². The van der Waals surface area contributed by atoms with E-state index >= 15 is 0 Å². The van der Waals surface area contributed by atoms with E-state index in [1.807, 2.05) is 48.5 Å². The monoisotopic (exact) mass is 314 g/mol. The maximum Gasteiger partial charge on any atom is 0.0449 e. The molecule has 0 atom stereocenters. The Morgan fingerprint density at radius 1 is 0.647 bits per heavy atom. The minimum absolute atomic E-state index is 0. The van der Waals surface area contributed by atoms with Crippen LogP contribution in [0.4, 0.5) is 11.4 Å². The van der Waals surface area contributed by atoms with E-state index in [4.69, 9.17) is 11.5 Å². The van der Waals surface area contributed by atoms with Gasteiger partial charge in [0.15, 0.2) is 0 Å². The van der Waals surface area contributed by atoms with Gasteiger partial charge in [0, 0.05) is 40.6 Å². The second kappa shape index (κ2) is 8.45. The Hall–Kier alpha value is -0.637. The van der Waals surface area contributed by atoms with Gasteiger partial charge in [-0.15, -0.1) is 25.3 Å². The molecule has 0 unspecified atom stereocenters. The van der Waals surface area contributed by atoms with Crippen LogP contribution in [0.25, 0.3) is 0 Å². The van der Waals surface area contributed by atoms with Crippen molar-refractivity contribution in [1.29, 1.82) is 0 Å². The van der Waals surface area contributed by atoms with Crippen molar-refractivity contribution in [2.45, 2.75) is 9.79 Å². The van der Waals surface area contributed by atoms with Crippen LogP contribution in [0.15, 0.2) is 58.3 Å². The van der Waals surface area contributed by atoms with E-state index in [0.717, 1.165) is 21.2 Å². The number of nitrogen functional groups attached to an aromatic ring is 2. The second-order valence-electron chi connectivity index (χ2n) is 3.12. The molecule has 0 amide bonds. The van der Waals surface area contributed by atoms with Gasteiger partial charge in [-0.3, -0.25) is 0 Å². The molecular formula is C12H14N2S2Zn. The third-order valence-electron chi connectivity index (χ3n) is 1.87. The van der Waals surface area contributed by atoms with E-state index in [1.165, 1.54) is 0 Å². The summed E-state index contributed by atoms with van der Waals surface area (Å²) in [6, 6.07) is 14.9. The maximum atomic E-state index is 5.44. The van der Waals surface area contributed by atoms with Crippen LogP contribution < -0.4 is 11.5 Å². The first kappa shape index (κ1) is 16.4. The Kier molecular flexibility index (Phi) is 8.14. The van der Waals surface area contributed by atoms with Crippen molar-refractivity contribution >= 4 is 36.6 Å². The fourth-order valence-electron chi connectivity index (χ4n) is 0.975. The average molecular weight is 316 g/mol. The molecule has 17 heavy (non-hydrogen) atoms. The van der Waals surface area contributed by atoms with Crippen molar-refractivity contribution < 1.29 is 19.5 Å². The number of hydrogen-bond acceptors (Lipinski definition) is 4. The van der Waals surface area contributed by atoms with Crippen molar-refractivity contribution in [2.75, 3.05) is 11.5 Å². The molecule has 0 fully saturated rings. The van der Waals surface area contributed by atoms with E-state index in [2.05, 4.69) is 25.3 Å². The molecular weight excluding hydrogens is 302 g/mol. The second-order valence-corrected chi connectivity index (χ2v) is 4.08. The van der Waals surface area contributed by atoms with Gasteiger partial charge in [0.1, 0.15) is 0 Å². The fourth-order valence-corrected chi connectivity index (χ4v) is 1.30. The van der Waals surface area contributed by atoms with E-state index in [0.29, 0.717) is 0 Å². The third kappa shape index (κ3) is 6.01. The predicted molar refractivity (Wildman–Crippen MR) is 76.2 cm³/mol. The summed E-state index contributed by atoms with van der Waals surface area (Å²) in [6.07, 6.45) is 0. The van der Waals surface area contributed by atoms with Crippen molar-refractivity contribution in [3.8, 4) is 0 Å². The molecule has 0 heterocycles. The van der Waals surface area contributed by atoms with Gasteiger partial charge in [0.2, 0.25) is 0 Å². The van der Waals surface area contributed by atoms with E-state index < -0.39 is 0 Å². The van der Waals surface area contributed by atoms with Gasteiger partial charge < -0.3 is 11.5 Å². The van der Waals surface area contributed by atoms with Crippen LogP contribution in [0.5, 0.6) is 0 Å². The number of hydrogen-bond donors (Lipinski definition) is 4. The number of rotatable bonds is 0. The Labute approximate surface area is 125 Å². The van der Waals surface area contributed by atoms with Gasteiger partial charge in [0.05, 0.1) is 0 Å². The van der Waals surface area contributed by atoms with Crippen LogP contribution in [0.2, 0.25) is 0 Å². The van der Waals surface area contributed by atoms with Crippen molar-refractivity contribution in [3.05, 3.63) is 48.5 Å². The van der Waals surface area contributed by atoms with Crippen molar-refractivity contribution in [3.63, 3.8) is 0 Å². The molecule has 0 spiro atoms. The van der Waals surface area contributed by atoms with Crippen LogP contribution in [0, 0.1) is 0 Å². The largest absolute Gasteiger partial charge is 0.398 e. The SMILES string of the molecule is Nc1ccccc1S.Nc1ccccc1S.[Zn]. The molecule has 0 bridgehead atoms. The predicted octanol–water partition coefficient (Wildman–Crippen LogP) is 3.11. The molecule has 0 aromatic heterocycles. The molecule has 0 saturated heterocycles. The van der Waals surface area contributed by atoms with Crippen LogP contribution in [0.1, 0.15) is 0 Å². The van der Waals surface area contributed by atoms with Gasteiger partial charge >= 0.3 is 0 Å². The molecule has 2 rings (SSSR count). The summed E-state index contributed by atoms with van der Waals surface area (Å²) in [5, 5.41) is 0. The number of anilines is 2. The molecule has 0 aliphatic heterocycles. The normalized spacial score (nSPS) is 8.59. The third-order valence-corrected chi connectivity index (χ3v) is 2.69. The summed E-state index contributed by atoms with van der Waals surface area (Å²) >= 11 is 8.15. The Morgan fingerprint density at radius 2 is 0.941 bits per heavy atom. The van der Waals surface area contributed by atoms with Crippen molar-refractivity contribution in [2.24, 2.45) is 0 Å². The Morgan fingerprint density at radius 3 is 1.12 bits per heavy atom. The van der Waals surface area contributed by atoms with Gasteiger partial charge in [-0.1, -0.05) is 24.3 Å². The molecule has 0 saturated carbocycles. The molecule has 2 aromatic rings. The Bertz CT molecular complexity index is 378. The molecule has 86 valence electrons. The summed E-state index contributed by atoms with van der Waals surface area (Å²) < 4.78 is 0. The zero-order chi connectivity index (χ0) is 12.0. The first-order valence-electron chi connectivity index (χ1n) is 4.68. The van der Waals surface area contributed by atoms with Gasteiger partial charge in [-0.05, 0) is 24.3 Å². The van der Waals surface area contributed by atoms with Crippen LogP contribution in [-0.4, -0.2) is 0 Å². The smallest absolute Gasteiger partial charge is 0.0449 e. The number of benzene rings is 2. The molecule has 0 radical (unpaired) electrons. The maximum absolute atomic E-state index is 5.44. The van der Waals surface area contributed by atoms with Crippen LogP contribution >= 0.6 is 25.3 Å². The fraction of sp³-hybridized carbons (Fsp3) is 0. The van der Waals surface area contributed by atoms with Crippen LogP contribution in [-0.2, 0) is 19.5 Å². The van der Waals surface area contributed by atoms with Gasteiger partial charge in [-0.25, -0.2) is 0 Å². The number of para-hydroxylation sites is 2. The zero-order valence-electron chi connectivity index (χ0n) is 9.38. The number of nitrogens with two attached hydrogens (primary N) is 2. The van der Waals surface area contributed by atoms with E-state index in [-0.39, 0.29) is 19.5 Å². The first-order chi connectivity index (χ1) is 7.61. The standard InChI is InChI=1S/2C6H7NS.Zn/c2*7-5-3-1-2-4-6(5)8;/h2*1-4,8H,7H2;. The minimum Gasteiger partial charge on any atom is -0.398 e. The van der Waals surface area contributed by atoms with Crippen LogP contribution in [0.3, 0.4) is 0 Å². The minimum atomic E-state index is 0. The molecule has 5 heteroatoms. The summed E-state index contributed by atoms with van der Waals surface area (Å²) in [6.45, 7) is 0. The molecule has 0 aliphatic carbocycles. The molecule has 4 N–H and O–H groups in total. The molecule has 0 aliphatic rings. The van der Waals surface area contributed by atoms with E-state index in [1.54, 1.807) is 0 Å². The van der Waals surface area contributed by atoms with Gasteiger partial charge in [0.25, 0.3) is 0 Å². The van der Waals surface area contributed by atoms with Crippen molar-refractivity contribution in [1.82, 2.24) is 0 Å². The topological polar surface area (TPSA) is 52.0 Å². The molecule has 2 aromatic carbocycles. The number of thiol groups is 2. The zero-order valence-corrected chi connectivity index (χ0v) is 14.1. The average Bonchev–Trinajstić information content (AvgIpc) is 2.28. The Balaban J connectivity index is 0.000000284. The van der Waals surface area contributed by atoms with Gasteiger partial charge in [-0.2, -0.15) is 0 Å². The summed E-state index contributed by atoms with van der Waals surface area (Å²) in [5.41, 5.74) is 12.4. The molecule has 2 nitrogen and oxygen atoms in total. The summed E-state index contributed by atoms with van der Waals surface area (Å²) in [4.78, 5) is 1.68. The summed E-state index contributed by atoms with van der Waals surface area (Å²) in [7, 11) is 0. The first-order valence-corrected chi connectivity index (χ1v) is 5.57.